The maximum Gasteiger partial charge on any atom is 0.136 e. The Balaban J connectivity index is 2.23. The molecular weight excluding hydrogens is 164 g/mol. The first kappa shape index (κ1) is 8.48. The highest BCUT2D eigenvalue weighted by Gasteiger charge is 2.32. The third-order valence-corrected chi connectivity index (χ3v) is 2.97. The Kier molecular flexibility index (Phi) is 1.94. The Morgan fingerprint density at radius 3 is 2.85 bits per heavy atom. The molecule has 3 heteroatoms. The van der Waals surface area contributed by atoms with Crippen LogP contribution in [0.25, 0.3) is 0 Å². The quantitative estimate of drug-likeness (QED) is 0.653. The minimum Gasteiger partial charge on any atom is -0.299 e. The van der Waals surface area contributed by atoms with Crippen molar-refractivity contribution in [2.24, 2.45) is 13.0 Å². The van der Waals surface area contributed by atoms with Gasteiger partial charge in [-0.2, -0.15) is 5.10 Å². The van der Waals surface area contributed by atoms with Crippen LogP contribution < -0.4 is 0 Å². The second kappa shape index (κ2) is 2.98. The summed E-state index contributed by atoms with van der Waals surface area (Å²) in [5, 5.41) is 4.13. The van der Waals surface area contributed by atoms with Crippen LogP contribution in [0.1, 0.15) is 31.2 Å². The highest BCUT2D eigenvalue weighted by atomic mass is 16.1. The topological polar surface area (TPSA) is 34.9 Å². The van der Waals surface area contributed by atoms with Crippen LogP contribution in [0.4, 0.5) is 0 Å². The van der Waals surface area contributed by atoms with Gasteiger partial charge in [0.25, 0.3) is 0 Å². The molecule has 0 N–H and O–H groups in total. The molecule has 3 nitrogen and oxygen atoms in total. The molecule has 0 saturated heterocycles. The van der Waals surface area contributed by atoms with E-state index in [9.17, 15) is 4.79 Å². The first-order valence-corrected chi connectivity index (χ1v) is 4.69. The molecule has 1 aromatic rings. The molecule has 2 rings (SSSR count). The average Bonchev–Trinajstić information content (AvgIpc) is 2.62. The summed E-state index contributed by atoms with van der Waals surface area (Å²) in [6.07, 6.45) is 5.62. The predicted octanol–water partition coefficient (Wildman–Crippen LogP) is 1.50. The maximum atomic E-state index is 11.3. The molecule has 0 radical (unpaired) electrons. The van der Waals surface area contributed by atoms with Crippen molar-refractivity contribution in [1.29, 1.82) is 0 Å². The summed E-state index contributed by atoms with van der Waals surface area (Å²) < 4.78 is 1.80. The highest BCUT2D eigenvalue weighted by molar-refractivity contribution is 5.84. The van der Waals surface area contributed by atoms with Gasteiger partial charge in [0.1, 0.15) is 5.78 Å². The Hall–Kier alpha value is -1.12. The lowest BCUT2D eigenvalue weighted by Crippen LogP contribution is -2.08. The van der Waals surface area contributed by atoms with Gasteiger partial charge in [-0.15, -0.1) is 0 Å². The van der Waals surface area contributed by atoms with Gasteiger partial charge in [-0.3, -0.25) is 9.48 Å². The number of hydrogen-bond donors (Lipinski definition) is 0. The van der Waals surface area contributed by atoms with Crippen molar-refractivity contribution in [3.8, 4) is 0 Å². The molecule has 70 valence electrons. The van der Waals surface area contributed by atoms with Gasteiger partial charge in [-0.05, 0) is 17.9 Å². The second-order valence-electron chi connectivity index (χ2n) is 3.85. The predicted molar refractivity (Wildman–Crippen MR) is 49.4 cm³/mol. The van der Waals surface area contributed by atoms with Gasteiger partial charge in [-0.25, -0.2) is 0 Å². The van der Waals surface area contributed by atoms with Crippen LogP contribution in [-0.2, 0) is 11.8 Å². The van der Waals surface area contributed by atoms with Crippen LogP contribution in [-0.4, -0.2) is 15.6 Å². The zero-order valence-electron chi connectivity index (χ0n) is 8.03. The lowest BCUT2D eigenvalue weighted by Gasteiger charge is -2.10. The van der Waals surface area contributed by atoms with Gasteiger partial charge >= 0.3 is 0 Å². The van der Waals surface area contributed by atoms with Crippen molar-refractivity contribution in [3.05, 3.63) is 18.0 Å². The van der Waals surface area contributed by atoms with Crippen LogP contribution in [0.3, 0.4) is 0 Å². The maximum absolute atomic E-state index is 11.3. The van der Waals surface area contributed by atoms with E-state index in [1.807, 2.05) is 26.4 Å². The molecule has 1 fully saturated rings. The van der Waals surface area contributed by atoms with E-state index in [1.54, 1.807) is 4.68 Å². The molecule has 1 aliphatic rings. The molecule has 0 spiro atoms. The summed E-state index contributed by atoms with van der Waals surface area (Å²) in [5.74, 6) is 0.985. The van der Waals surface area contributed by atoms with E-state index in [2.05, 4.69) is 5.10 Å². The fourth-order valence-corrected chi connectivity index (χ4v) is 2.09. The normalized spacial score (nSPS) is 28.3. The van der Waals surface area contributed by atoms with Gasteiger partial charge < -0.3 is 0 Å². The fraction of sp³-hybridized carbons (Fsp3) is 0.600. The number of ketones is 1. The first-order chi connectivity index (χ1) is 6.18. The van der Waals surface area contributed by atoms with E-state index >= 15 is 0 Å². The van der Waals surface area contributed by atoms with Crippen molar-refractivity contribution in [3.63, 3.8) is 0 Å². The molecule has 0 bridgehead atoms. The van der Waals surface area contributed by atoms with E-state index in [0.29, 0.717) is 11.7 Å². The van der Waals surface area contributed by atoms with Crippen LogP contribution in [0.2, 0.25) is 0 Å². The van der Waals surface area contributed by atoms with Crippen LogP contribution in [0, 0.1) is 5.92 Å². The zero-order chi connectivity index (χ0) is 9.42. The minimum absolute atomic E-state index is 0.184. The molecule has 1 aromatic heterocycles. The summed E-state index contributed by atoms with van der Waals surface area (Å²) in [6.45, 7) is 2.02. The number of carbonyl (C=O) groups is 1. The summed E-state index contributed by atoms with van der Waals surface area (Å²) in [5.41, 5.74) is 1.21. The van der Waals surface area contributed by atoms with Gasteiger partial charge in [0, 0.05) is 25.6 Å². The number of carbonyl (C=O) groups excluding carboxylic acids is 1. The highest BCUT2D eigenvalue weighted by Crippen LogP contribution is 2.36. The fourth-order valence-electron chi connectivity index (χ4n) is 2.09. The average molecular weight is 178 g/mol. The standard InChI is InChI=1S/C10H14N2O/c1-7-9(3-4-10(7)13)8-5-11-12(2)6-8/h5-7,9H,3-4H2,1-2H3. The Morgan fingerprint density at radius 2 is 2.38 bits per heavy atom. The Labute approximate surface area is 77.7 Å². The number of aryl methyl sites for hydroxylation is 1. The van der Waals surface area contributed by atoms with Crippen LogP contribution in [0.15, 0.2) is 12.4 Å². The molecule has 2 atom stereocenters. The van der Waals surface area contributed by atoms with Gasteiger partial charge in [-0.1, -0.05) is 6.92 Å². The van der Waals surface area contributed by atoms with Crippen molar-refractivity contribution in [2.75, 3.05) is 0 Å². The lowest BCUT2D eigenvalue weighted by atomic mass is 9.92. The van der Waals surface area contributed by atoms with E-state index in [4.69, 9.17) is 0 Å². The number of nitrogens with zero attached hydrogens (tertiary/aromatic N) is 2. The number of Topliss-reactive ketones (excluding diaryl/α,β-unsaturated/α-hetero) is 1. The molecule has 1 aliphatic carbocycles. The van der Waals surface area contributed by atoms with Gasteiger partial charge in [0.05, 0.1) is 6.20 Å². The molecule has 0 aliphatic heterocycles. The second-order valence-corrected chi connectivity index (χ2v) is 3.85. The van der Waals surface area contributed by atoms with Crippen LogP contribution >= 0.6 is 0 Å². The Bertz CT molecular complexity index is 329. The van der Waals surface area contributed by atoms with Crippen molar-refractivity contribution in [1.82, 2.24) is 9.78 Å². The van der Waals surface area contributed by atoms with Crippen molar-refractivity contribution >= 4 is 5.78 Å². The summed E-state index contributed by atoms with van der Waals surface area (Å²) >= 11 is 0. The van der Waals surface area contributed by atoms with Crippen LogP contribution in [0.5, 0.6) is 0 Å². The van der Waals surface area contributed by atoms with E-state index in [-0.39, 0.29) is 5.92 Å². The largest absolute Gasteiger partial charge is 0.299 e. The molecule has 2 unspecified atom stereocenters. The zero-order valence-corrected chi connectivity index (χ0v) is 8.03. The first-order valence-electron chi connectivity index (χ1n) is 4.69. The number of aromatic nitrogens is 2. The molecule has 1 saturated carbocycles. The number of hydrogen-bond acceptors (Lipinski definition) is 2. The number of rotatable bonds is 1. The molecule has 0 amide bonds. The van der Waals surface area contributed by atoms with Crippen molar-refractivity contribution < 1.29 is 4.79 Å². The minimum atomic E-state index is 0.184. The van der Waals surface area contributed by atoms with E-state index in [0.717, 1.165) is 12.8 Å². The lowest BCUT2D eigenvalue weighted by molar-refractivity contribution is -0.120. The third-order valence-electron chi connectivity index (χ3n) is 2.97. The SMILES string of the molecule is CC1C(=O)CCC1c1cnn(C)c1. The smallest absolute Gasteiger partial charge is 0.136 e. The summed E-state index contributed by atoms with van der Waals surface area (Å²) in [7, 11) is 1.91. The Morgan fingerprint density at radius 1 is 1.62 bits per heavy atom. The van der Waals surface area contributed by atoms with E-state index in [1.165, 1.54) is 5.56 Å². The van der Waals surface area contributed by atoms with Gasteiger partial charge in [0.2, 0.25) is 0 Å². The molecular formula is C10H14N2O. The van der Waals surface area contributed by atoms with Crippen molar-refractivity contribution in [2.45, 2.75) is 25.7 Å². The molecule has 13 heavy (non-hydrogen) atoms. The monoisotopic (exact) mass is 178 g/mol. The molecule has 0 aromatic carbocycles. The third kappa shape index (κ3) is 1.39. The van der Waals surface area contributed by atoms with Gasteiger partial charge in [0.15, 0.2) is 0 Å². The van der Waals surface area contributed by atoms with E-state index < -0.39 is 0 Å². The summed E-state index contributed by atoms with van der Waals surface area (Å²) in [6, 6.07) is 0. The summed E-state index contributed by atoms with van der Waals surface area (Å²) in [4.78, 5) is 11.3. The molecule has 1 heterocycles.